The zero-order valence-electron chi connectivity index (χ0n) is 8.84. The van der Waals surface area contributed by atoms with Crippen LogP contribution in [-0.4, -0.2) is 43.8 Å². The first-order chi connectivity index (χ1) is 7.59. The molecule has 0 aliphatic carbocycles. The van der Waals surface area contributed by atoms with Gasteiger partial charge in [-0.15, -0.1) is 0 Å². The zero-order valence-corrected chi connectivity index (χ0v) is 9.66. The molecule has 1 aromatic rings. The largest absolute Gasteiger partial charge is 0.476 e. The predicted octanol–water partition coefficient (Wildman–Crippen LogP) is 0.355. The van der Waals surface area contributed by atoms with Gasteiger partial charge in [-0.25, -0.2) is 14.8 Å². The number of aromatic carboxylic acids is 1. The van der Waals surface area contributed by atoms with Crippen molar-refractivity contribution in [1.29, 1.82) is 0 Å². The molecule has 0 spiro atoms. The fourth-order valence-corrected chi connectivity index (χ4v) is 1.57. The third-order valence-electron chi connectivity index (χ3n) is 1.79. The third-order valence-corrected chi connectivity index (χ3v) is 2.65. The highest BCUT2D eigenvalue weighted by atomic mass is 32.2. The van der Waals surface area contributed by atoms with Crippen LogP contribution in [0.5, 0.6) is 0 Å². The van der Waals surface area contributed by atoms with E-state index in [1.165, 1.54) is 12.4 Å². The maximum absolute atomic E-state index is 10.8. The molecule has 2 N–H and O–H groups in total. The van der Waals surface area contributed by atoms with E-state index in [-0.39, 0.29) is 5.69 Å². The monoisotopic (exact) mass is 243 g/mol. The van der Waals surface area contributed by atoms with Crippen LogP contribution < -0.4 is 5.32 Å². The molecular formula is C9H13N3O3S. The summed E-state index contributed by atoms with van der Waals surface area (Å²) in [6.07, 6.45) is 4.99. The van der Waals surface area contributed by atoms with Crippen LogP contribution in [0.1, 0.15) is 16.9 Å². The molecule has 7 heteroatoms. The van der Waals surface area contributed by atoms with Gasteiger partial charge in [-0.05, 0) is 6.42 Å². The highest BCUT2D eigenvalue weighted by molar-refractivity contribution is 7.84. The molecule has 0 amide bonds. The first kappa shape index (κ1) is 12.6. The van der Waals surface area contributed by atoms with Crippen molar-refractivity contribution in [2.45, 2.75) is 6.42 Å². The molecule has 0 fully saturated rings. The first-order valence-electron chi connectivity index (χ1n) is 4.69. The van der Waals surface area contributed by atoms with Gasteiger partial charge in [0.05, 0.1) is 12.4 Å². The van der Waals surface area contributed by atoms with Crippen LogP contribution in [0.3, 0.4) is 0 Å². The van der Waals surface area contributed by atoms with Gasteiger partial charge < -0.3 is 10.4 Å². The Labute approximate surface area is 95.6 Å². The number of nitrogens with zero attached hydrogens (tertiary/aromatic N) is 2. The topological polar surface area (TPSA) is 92.2 Å². The van der Waals surface area contributed by atoms with E-state index >= 15 is 0 Å². The van der Waals surface area contributed by atoms with Gasteiger partial charge in [-0.1, -0.05) is 0 Å². The average Bonchev–Trinajstić information content (AvgIpc) is 2.25. The van der Waals surface area contributed by atoms with Crippen molar-refractivity contribution in [3.63, 3.8) is 0 Å². The van der Waals surface area contributed by atoms with Crippen molar-refractivity contribution in [3.8, 4) is 0 Å². The molecule has 0 saturated heterocycles. The number of rotatable bonds is 6. The second-order valence-corrected chi connectivity index (χ2v) is 4.70. The molecule has 1 rings (SSSR count). The van der Waals surface area contributed by atoms with Crippen LogP contribution in [-0.2, 0) is 10.8 Å². The Morgan fingerprint density at radius 3 is 2.75 bits per heavy atom. The average molecular weight is 243 g/mol. The van der Waals surface area contributed by atoms with Crippen LogP contribution >= 0.6 is 0 Å². The Balaban J connectivity index is 2.38. The van der Waals surface area contributed by atoms with E-state index in [4.69, 9.17) is 5.11 Å². The summed E-state index contributed by atoms with van der Waals surface area (Å²) in [7, 11) is -0.787. The van der Waals surface area contributed by atoms with Gasteiger partial charge in [-0.2, -0.15) is 0 Å². The number of carboxylic acids is 1. The van der Waals surface area contributed by atoms with E-state index in [1.54, 1.807) is 6.26 Å². The summed E-state index contributed by atoms with van der Waals surface area (Å²) in [5, 5.41) is 11.6. The minimum Gasteiger partial charge on any atom is -0.476 e. The summed E-state index contributed by atoms with van der Waals surface area (Å²) >= 11 is 0. The number of carbonyl (C=O) groups is 1. The van der Waals surface area contributed by atoms with Crippen LogP contribution in [0.15, 0.2) is 12.4 Å². The van der Waals surface area contributed by atoms with Crippen molar-refractivity contribution < 1.29 is 14.1 Å². The van der Waals surface area contributed by atoms with Gasteiger partial charge in [0.25, 0.3) is 0 Å². The summed E-state index contributed by atoms with van der Waals surface area (Å²) in [5.41, 5.74) is -0.0831. The Hall–Kier alpha value is -1.50. The summed E-state index contributed by atoms with van der Waals surface area (Å²) in [6, 6.07) is 0. The summed E-state index contributed by atoms with van der Waals surface area (Å²) < 4.78 is 10.8. The Morgan fingerprint density at radius 1 is 1.50 bits per heavy atom. The lowest BCUT2D eigenvalue weighted by Gasteiger charge is -2.03. The van der Waals surface area contributed by atoms with Gasteiger partial charge in [0.15, 0.2) is 5.69 Å². The second kappa shape index (κ2) is 6.16. The fourth-order valence-electron chi connectivity index (χ4n) is 1.02. The lowest BCUT2D eigenvalue weighted by Crippen LogP contribution is -2.08. The molecule has 0 aliphatic heterocycles. The van der Waals surface area contributed by atoms with E-state index < -0.39 is 16.8 Å². The van der Waals surface area contributed by atoms with Gasteiger partial charge >= 0.3 is 5.97 Å². The SMILES string of the molecule is CS(=O)CCCNc1cnc(C(=O)O)cn1. The Morgan fingerprint density at radius 2 is 2.25 bits per heavy atom. The van der Waals surface area contributed by atoms with Gasteiger partial charge in [0, 0.05) is 29.4 Å². The number of anilines is 1. The van der Waals surface area contributed by atoms with Crippen LogP contribution in [0.4, 0.5) is 5.82 Å². The van der Waals surface area contributed by atoms with Crippen molar-refractivity contribution in [1.82, 2.24) is 9.97 Å². The Bertz CT molecular complexity index is 380. The first-order valence-corrected chi connectivity index (χ1v) is 6.41. The smallest absolute Gasteiger partial charge is 0.356 e. The normalized spacial score (nSPS) is 12.1. The predicted molar refractivity (Wildman–Crippen MR) is 61.0 cm³/mol. The molecule has 1 heterocycles. The molecule has 16 heavy (non-hydrogen) atoms. The van der Waals surface area contributed by atoms with E-state index in [2.05, 4.69) is 15.3 Å². The van der Waals surface area contributed by atoms with Crippen molar-refractivity contribution in [2.24, 2.45) is 0 Å². The number of carboxylic acid groups (broad SMARTS) is 1. The van der Waals surface area contributed by atoms with E-state index in [9.17, 15) is 9.00 Å². The lowest BCUT2D eigenvalue weighted by atomic mass is 10.4. The maximum atomic E-state index is 10.8. The Kier molecular flexibility index (Phi) is 4.84. The number of hydrogen-bond acceptors (Lipinski definition) is 5. The summed E-state index contributed by atoms with van der Waals surface area (Å²) in [4.78, 5) is 18.1. The number of nitrogens with one attached hydrogen (secondary N) is 1. The second-order valence-electron chi connectivity index (χ2n) is 3.15. The summed E-state index contributed by atoms with van der Waals surface area (Å²) in [5.74, 6) is 0.0560. The molecule has 1 unspecified atom stereocenters. The third kappa shape index (κ3) is 4.35. The van der Waals surface area contributed by atoms with Gasteiger partial charge in [-0.3, -0.25) is 4.21 Å². The molecule has 0 radical (unpaired) electrons. The molecule has 0 aliphatic rings. The van der Waals surface area contributed by atoms with Gasteiger partial charge in [0.1, 0.15) is 5.82 Å². The van der Waals surface area contributed by atoms with Gasteiger partial charge in [0.2, 0.25) is 0 Å². The molecule has 6 nitrogen and oxygen atoms in total. The zero-order chi connectivity index (χ0) is 12.0. The molecule has 0 saturated carbocycles. The number of aromatic nitrogens is 2. The van der Waals surface area contributed by atoms with E-state index in [1.807, 2.05) is 0 Å². The molecular weight excluding hydrogens is 230 g/mol. The molecule has 0 aromatic carbocycles. The number of hydrogen-bond donors (Lipinski definition) is 2. The molecule has 88 valence electrons. The van der Waals surface area contributed by atoms with Crippen molar-refractivity contribution in [2.75, 3.05) is 23.9 Å². The van der Waals surface area contributed by atoms with Crippen LogP contribution in [0, 0.1) is 0 Å². The molecule has 1 atom stereocenters. The standard InChI is InChI=1S/C9H13N3O3S/c1-16(15)4-2-3-10-8-6-11-7(5-12-8)9(13)14/h5-6H,2-4H2,1H3,(H,10,12)(H,13,14). The van der Waals surface area contributed by atoms with Crippen LogP contribution in [0.2, 0.25) is 0 Å². The molecule has 1 aromatic heterocycles. The van der Waals surface area contributed by atoms with E-state index in [0.717, 1.165) is 6.42 Å². The quantitative estimate of drug-likeness (QED) is 0.701. The van der Waals surface area contributed by atoms with Crippen molar-refractivity contribution >= 4 is 22.6 Å². The van der Waals surface area contributed by atoms with E-state index in [0.29, 0.717) is 18.1 Å². The maximum Gasteiger partial charge on any atom is 0.356 e. The highest BCUT2D eigenvalue weighted by Crippen LogP contribution is 2.01. The van der Waals surface area contributed by atoms with Crippen molar-refractivity contribution in [3.05, 3.63) is 18.1 Å². The fraction of sp³-hybridized carbons (Fsp3) is 0.444. The lowest BCUT2D eigenvalue weighted by molar-refractivity contribution is 0.0690. The highest BCUT2D eigenvalue weighted by Gasteiger charge is 2.04. The van der Waals surface area contributed by atoms with Crippen LogP contribution in [0.25, 0.3) is 0 Å². The molecule has 0 bridgehead atoms. The summed E-state index contributed by atoms with van der Waals surface area (Å²) in [6.45, 7) is 0.640. The minimum atomic E-state index is -1.10. The minimum absolute atomic E-state index is 0.0831.